The molecule has 0 bridgehead atoms. The molecule has 0 aliphatic rings. The lowest BCUT2D eigenvalue weighted by Crippen LogP contribution is -2.45. The predicted octanol–water partition coefficient (Wildman–Crippen LogP) is 2.97. The number of aromatic nitrogens is 3. The third kappa shape index (κ3) is 5.87. The summed E-state index contributed by atoms with van der Waals surface area (Å²) < 4.78 is 11.9. The summed E-state index contributed by atoms with van der Waals surface area (Å²) in [7, 11) is 3.17. The van der Waals surface area contributed by atoms with E-state index in [1.807, 2.05) is 78.9 Å². The van der Waals surface area contributed by atoms with Gasteiger partial charge >= 0.3 is 0 Å². The van der Waals surface area contributed by atoms with E-state index in [1.54, 1.807) is 23.8 Å². The molecule has 1 unspecified atom stereocenters. The highest BCUT2D eigenvalue weighted by atomic mass is 16.5. The molecule has 9 heteroatoms. The molecule has 0 radical (unpaired) electrons. The average molecular weight is 488 g/mol. The fourth-order valence-electron chi connectivity index (χ4n) is 3.99. The molecule has 4 aromatic rings. The van der Waals surface area contributed by atoms with Crippen LogP contribution in [-0.2, 0) is 27.4 Å². The van der Waals surface area contributed by atoms with Crippen molar-refractivity contribution in [3.8, 4) is 5.75 Å². The van der Waals surface area contributed by atoms with E-state index in [2.05, 4.69) is 15.6 Å². The number of ether oxygens (including phenoxy) is 2. The van der Waals surface area contributed by atoms with Crippen LogP contribution in [-0.4, -0.2) is 59.1 Å². The van der Waals surface area contributed by atoms with Crippen LogP contribution in [0.25, 0.3) is 11.0 Å². The van der Waals surface area contributed by atoms with E-state index in [1.165, 1.54) is 0 Å². The number of methoxy groups -OCH3 is 2. The number of amides is 2. The van der Waals surface area contributed by atoms with Crippen molar-refractivity contribution in [2.75, 3.05) is 27.4 Å². The Hall–Kier alpha value is -4.24. The number of hydrogen-bond donors (Lipinski definition) is 1. The first kappa shape index (κ1) is 24.9. The summed E-state index contributed by atoms with van der Waals surface area (Å²) in [4.78, 5) is 28.9. The van der Waals surface area contributed by atoms with Gasteiger partial charge in [-0.05, 0) is 35.4 Å². The fourth-order valence-corrected chi connectivity index (χ4v) is 3.99. The Bertz CT molecular complexity index is 1290. The van der Waals surface area contributed by atoms with E-state index < -0.39 is 6.04 Å². The van der Waals surface area contributed by atoms with Crippen LogP contribution in [0.1, 0.15) is 17.2 Å². The zero-order valence-corrected chi connectivity index (χ0v) is 20.3. The molecule has 186 valence electrons. The quantitative estimate of drug-likeness (QED) is 0.327. The summed E-state index contributed by atoms with van der Waals surface area (Å²) >= 11 is 0. The summed E-state index contributed by atoms with van der Waals surface area (Å²) in [6.45, 7) is 0.847. The first-order valence-electron chi connectivity index (χ1n) is 11.6. The van der Waals surface area contributed by atoms with Crippen molar-refractivity contribution in [2.45, 2.75) is 19.1 Å². The van der Waals surface area contributed by atoms with Gasteiger partial charge in [-0.3, -0.25) is 9.59 Å². The molecular weight excluding hydrogens is 458 g/mol. The summed E-state index contributed by atoms with van der Waals surface area (Å²) in [6, 6.07) is 23.3. The number of hydrogen-bond acceptors (Lipinski definition) is 6. The Kier molecular flexibility index (Phi) is 8.25. The molecule has 36 heavy (non-hydrogen) atoms. The van der Waals surface area contributed by atoms with Gasteiger partial charge in [0.2, 0.25) is 11.8 Å². The van der Waals surface area contributed by atoms with Crippen LogP contribution in [0.3, 0.4) is 0 Å². The maximum Gasteiger partial charge on any atom is 0.247 e. The van der Waals surface area contributed by atoms with Crippen molar-refractivity contribution in [1.82, 2.24) is 25.2 Å². The largest absolute Gasteiger partial charge is 0.497 e. The topological polar surface area (TPSA) is 98.6 Å². The Morgan fingerprint density at radius 2 is 1.69 bits per heavy atom. The Balaban J connectivity index is 1.70. The molecule has 1 N–H and O–H groups in total. The number of carbonyl (C=O) groups is 2. The molecule has 4 rings (SSSR count). The highest BCUT2D eigenvalue weighted by molar-refractivity contribution is 5.89. The fraction of sp³-hybridized carbons (Fsp3) is 0.259. The monoisotopic (exact) mass is 487 g/mol. The Labute approximate surface area is 209 Å². The second kappa shape index (κ2) is 11.9. The van der Waals surface area contributed by atoms with Gasteiger partial charge in [0.1, 0.15) is 23.9 Å². The second-order valence-electron chi connectivity index (χ2n) is 8.20. The summed E-state index contributed by atoms with van der Waals surface area (Å²) in [5.74, 6) is 0.156. The van der Waals surface area contributed by atoms with Gasteiger partial charge in [-0.2, -0.15) is 0 Å². The first-order chi connectivity index (χ1) is 17.6. The third-order valence-electron chi connectivity index (χ3n) is 5.82. The van der Waals surface area contributed by atoms with Crippen LogP contribution < -0.4 is 10.1 Å². The Morgan fingerprint density at radius 3 is 2.42 bits per heavy atom. The lowest BCUT2D eigenvalue weighted by molar-refractivity contribution is -0.142. The number of nitrogens with one attached hydrogen (secondary N) is 1. The van der Waals surface area contributed by atoms with E-state index in [0.29, 0.717) is 30.0 Å². The Morgan fingerprint density at radius 1 is 0.972 bits per heavy atom. The lowest BCUT2D eigenvalue weighted by atomic mass is 10.0. The molecule has 0 spiro atoms. The van der Waals surface area contributed by atoms with Gasteiger partial charge < -0.3 is 19.7 Å². The van der Waals surface area contributed by atoms with E-state index in [0.717, 1.165) is 11.1 Å². The van der Waals surface area contributed by atoms with Crippen molar-refractivity contribution < 1.29 is 19.1 Å². The zero-order chi connectivity index (χ0) is 25.3. The van der Waals surface area contributed by atoms with Crippen LogP contribution in [0.5, 0.6) is 5.75 Å². The minimum absolute atomic E-state index is 0.0641. The smallest absolute Gasteiger partial charge is 0.247 e. The molecule has 2 amide bonds. The van der Waals surface area contributed by atoms with Gasteiger partial charge in [-0.15, -0.1) is 5.10 Å². The molecule has 0 aliphatic heterocycles. The number of para-hydroxylation sites is 1. The van der Waals surface area contributed by atoms with Crippen LogP contribution in [0.15, 0.2) is 78.9 Å². The minimum Gasteiger partial charge on any atom is -0.497 e. The lowest BCUT2D eigenvalue weighted by Gasteiger charge is -2.31. The van der Waals surface area contributed by atoms with Crippen molar-refractivity contribution in [2.24, 2.45) is 0 Å². The molecule has 0 aliphatic carbocycles. The maximum atomic E-state index is 13.8. The number of fused-ring (bicyclic) bond motifs is 1. The van der Waals surface area contributed by atoms with Gasteiger partial charge in [0.05, 0.1) is 19.2 Å². The van der Waals surface area contributed by atoms with Gasteiger partial charge in [0, 0.05) is 20.2 Å². The number of benzene rings is 3. The molecule has 0 fully saturated rings. The number of carbonyl (C=O) groups excluding carboxylic acids is 2. The van der Waals surface area contributed by atoms with E-state index >= 15 is 0 Å². The summed E-state index contributed by atoms with van der Waals surface area (Å²) in [6.07, 6.45) is 0. The normalized spacial score (nSPS) is 11.7. The van der Waals surface area contributed by atoms with E-state index in [9.17, 15) is 9.59 Å². The maximum absolute atomic E-state index is 13.8. The molecule has 0 saturated heterocycles. The van der Waals surface area contributed by atoms with Crippen LogP contribution in [0, 0.1) is 0 Å². The highest BCUT2D eigenvalue weighted by Gasteiger charge is 2.32. The van der Waals surface area contributed by atoms with Gasteiger partial charge in [0.15, 0.2) is 0 Å². The van der Waals surface area contributed by atoms with E-state index in [4.69, 9.17) is 9.47 Å². The average Bonchev–Trinajstić information content (AvgIpc) is 3.32. The second-order valence-corrected chi connectivity index (χ2v) is 8.20. The molecule has 1 heterocycles. The van der Waals surface area contributed by atoms with Crippen molar-refractivity contribution >= 4 is 22.8 Å². The summed E-state index contributed by atoms with van der Waals surface area (Å²) in [5.41, 5.74) is 3.01. The molecule has 3 aromatic carbocycles. The van der Waals surface area contributed by atoms with Crippen LogP contribution in [0.4, 0.5) is 0 Å². The minimum atomic E-state index is -0.854. The molecule has 1 atom stereocenters. The van der Waals surface area contributed by atoms with Gasteiger partial charge in [0.25, 0.3) is 0 Å². The SMILES string of the molecule is COCCNC(=O)C(c1ccccc1)N(Cc1ccc(OC)cc1)C(=O)Cn1nnc2ccccc21. The zero-order valence-electron chi connectivity index (χ0n) is 20.3. The van der Waals surface area contributed by atoms with Crippen LogP contribution >= 0.6 is 0 Å². The molecule has 1 aromatic heterocycles. The van der Waals surface area contributed by atoms with Crippen molar-refractivity contribution in [3.05, 3.63) is 90.0 Å². The number of rotatable bonds is 11. The van der Waals surface area contributed by atoms with Gasteiger partial charge in [-0.25, -0.2) is 4.68 Å². The molecular formula is C27H29N5O4. The highest BCUT2D eigenvalue weighted by Crippen LogP contribution is 2.25. The first-order valence-corrected chi connectivity index (χ1v) is 11.6. The molecule has 0 saturated carbocycles. The van der Waals surface area contributed by atoms with Crippen LogP contribution in [0.2, 0.25) is 0 Å². The van der Waals surface area contributed by atoms with Crippen molar-refractivity contribution in [3.63, 3.8) is 0 Å². The van der Waals surface area contributed by atoms with Crippen molar-refractivity contribution in [1.29, 1.82) is 0 Å². The standard InChI is InChI=1S/C27H29N5O4/c1-35-17-16-28-27(34)26(21-8-4-3-5-9-21)31(18-20-12-14-22(36-2)15-13-20)25(33)19-32-24-11-7-6-10-23(24)29-30-32/h3-15,26H,16-19H2,1-2H3,(H,28,34). The van der Waals surface area contributed by atoms with Gasteiger partial charge in [-0.1, -0.05) is 59.8 Å². The third-order valence-corrected chi connectivity index (χ3v) is 5.82. The molecule has 9 nitrogen and oxygen atoms in total. The number of nitrogens with zero attached hydrogens (tertiary/aromatic N) is 4. The summed E-state index contributed by atoms with van der Waals surface area (Å²) in [5, 5.41) is 11.2. The van der Waals surface area contributed by atoms with E-state index in [-0.39, 0.29) is 24.9 Å². The predicted molar refractivity (Wildman–Crippen MR) is 135 cm³/mol.